The van der Waals surface area contributed by atoms with Crippen LogP contribution in [-0.2, 0) is 38.1 Å². The van der Waals surface area contributed by atoms with Crippen LogP contribution in [0.1, 0.15) is 0 Å². The van der Waals surface area contributed by atoms with Gasteiger partial charge in [0.05, 0.1) is 50.7 Å². The number of fused-ring (bicyclic) bond motifs is 2. The predicted molar refractivity (Wildman–Crippen MR) is 141 cm³/mol. The second-order valence-corrected chi connectivity index (χ2v) is 11.2. The zero-order valence-corrected chi connectivity index (χ0v) is 22.5. The van der Waals surface area contributed by atoms with E-state index in [9.17, 15) is 19.2 Å². The summed E-state index contributed by atoms with van der Waals surface area (Å²) in [7, 11) is 5.22. The van der Waals surface area contributed by atoms with Crippen molar-refractivity contribution in [2.75, 3.05) is 28.4 Å². The minimum Gasteiger partial charge on any atom is -0.466 e. The van der Waals surface area contributed by atoms with Crippen molar-refractivity contribution >= 4 is 23.9 Å². The first-order valence-corrected chi connectivity index (χ1v) is 13.3. The number of hydrogen-bond donors (Lipinski definition) is 0. The lowest BCUT2D eigenvalue weighted by atomic mass is 9.44. The van der Waals surface area contributed by atoms with E-state index < -0.39 is 58.4 Å². The third-order valence-electron chi connectivity index (χ3n) is 10.3. The van der Waals surface area contributed by atoms with Crippen molar-refractivity contribution in [1.82, 2.24) is 0 Å². The van der Waals surface area contributed by atoms with E-state index in [-0.39, 0.29) is 28.6 Å². The Hall–Kier alpha value is -4.20. The maximum absolute atomic E-state index is 13.7. The number of ether oxygens (including phenoxy) is 4. The van der Waals surface area contributed by atoms with E-state index in [4.69, 9.17) is 18.9 Å². The van der Waals surface area contributed by atoms with Crippen LogP contribution in [0.4, 0.5) is 0 Å². The zero-order chi connectivity index (χ0) is 28.1. The number of hydrogen-bond acceptors (Lipinski definition) is 8. The Labute approximate surface area is 231 Å². The number of esters is 4. The fraction of sp³-hybridized carbons (Fsp3) is 0.375. The number of rotatable bonds is 4. The van der Waals surface area contributed by atoms with Crippen molar-refractivity contribution in [1.29, 1.82) is 0 Å². The van der Waals surface area contributed by atoms with Crippen molar-refractivity contribution in [3.8, 4) is 0 Å². The van der Waals surface area contributed by atoms with Gasteiger partial charge < -0.3 is 18.9 Å². The predicted octanol–water partition coefficient (Wildman–Crippen LogP) is 3.11. The lowest BCUT2D eigenvalue weighted by Crippen LogP contribution is -2.56. The molecular formula is C32H28O8. The van der Waals surface area contributed by atoms with Gasteiger partial charge in [-0.2, -0.15) is 0 Å². The molecule has 0 N–H and O–H groups in total. The normalized spacial score (nSPS) is 38.3. The van der Waals surface area contributed by atoms with Gasteiger partial charge in [-0.3, -0.25) is 0 Å². The maximum atomic E-state index is 13.7. The molecule has 0 amide bonds. The number of carbonyl (C=O) groups excluding carboxylic acids is 4. The molecule has 0 fully saturated rings. The molecular weight excluding hydrogens is 512 g/mol. The summed E-state index contributed by atoms with van der Waals surface area (Å²) in [5, 5.41) is 0. The molecule has 0 saturated carbocycles. The molecule has 8 nitrogen and oxygen atoms in total. The van der Waals surface area contributed by atoms with Crippen LogP contribution in [-0.4, -0.2) is 52.3 Å². The second kappa shape index (κ2) is 8.16. The first kappa shape index (κ1) is 24.8. The third kappa shape index (κ3) is 2.45. The van der Waals surface area contributed by atoms with E-state index in [1.165, 1.54) is 28.4 Å². The lowest BCUT2D eigenvalue weighted by Gasteiger charge is -2.57. The van der Waals surface area contributed by atoms with Crippen LogP contribution >= 0.6 is 0 Å². The maximum Gasteiger partial charge on any atom is 0.334 e. The molecule has 4 bridgehead atoms. The highest BCUT2D eigenvalue weighted by molar-refractivity contribution is 6.06. The summed E-state index contributed by atoms with van der Waals surface area (Å²) in [6.07, 6.45) is 20.4. The smallest absolute Gasteiger partial charge is 0.334 e. The van der Waals surface area contributed by atoms with Gasteiger partial charge >= 0.3 is 23.9 Å². The Morgan fingerprint density at radius 3 is 1.70 bits per heavy atom. The van der Waals surface area contributed by atoms with Crippen molar-refractivity contribution in [3.63, 3.8) is 0 Å². The molecule has 0 saturated heterocycles. The molecule has 0 aliphatic heterocycles. The van der Waals surface area contributed by atoms with E-state index in [1.54, 1.807) is 0 Å². The van der Waals surface area contributed by atoms with Crippen molar-refractivity contribution in [2.24, 2.45) is 46.3 Å². The standard InChI is InChI=1S/C32H28O8/c1-37-27(33)22-19-11-8-15-14-17-10-13-20(23(22)28(34)38-2)31(17,19)32-16-6-5-7-18(15)26(32)25(30(36)40-4)24(29(35)39-3)21(32)12-9-16/h5-15,18-21,26H,1-4H3/t15-,18-,19+,20-,21-,26+,31-,32+/m1/s1. The molecule has 0 aromatic carbocycles. The molecule has 0 aromatic rings. The van der Waals surface area contributed by atoms with Crippen molar-refractivity contribution < 1.29 is 38.1 Å². The molecule has 7 aliphatic carbocycles. The van der Waals surface area contributed by atoms with Crippen LogP contribution in [0.2, 0.25) is 0 Å². The molecule has 0 unspecified atom stereocenters. The van der Waals surface area contributed by atoms with E-state index in [0.29, 0.717) is 5.57 Å². The summed E-state index contributed by atoms with van der Waals surface area (Å²) >= 11 is 0. The van der Waals surface area contributed by atoms with Crippen LogP contribution in [0.15, 0.2) is 94.2 Å². The minimum absolute atomic E-state index is 0.160. The molecule has 0 heterocycles. The topological polar surface area (TPSA) is 105 Å². The molecule has 8 atom stereocenters. The van der Waals surface area contributed by atoms with E-state index in [0.717, 1.165) is 11.1 Å². The number of carbonyl (C=O) groups is 4. The van der Waals surface area contributed by atoms with Crippen LogP contribution in [0.25, 0.3) is 0 Å². The van der Waals surface area contributed by atoms with Gasteiger partial charge in [0.25, 0.3) is 0 Å². The van der Waals surface area contributed by atoms with Crippen molar-refractivity contribution in [3.05, 3.63) is 94.2 Å². The van der Waals surface area contributed by atoms with Gasteiger partial charge in [-0.05, 0) is 17.1 Å². The molecule has 2 spiro atoms. The Balaban J connectivity index is 1.64. The highest BCUT2D eigenvalue weighted by atomic mass is 16.5. The summed E-state index contributed by atoms with van der Waals surface area (Å²) in [5.74, 6) is -5.00. The molecule has 7 aliphatic rings. The van der Waals surface area contributed by atoms with Crippen LogP contribution < -0.4 is 0 Å². The second-order valence-electron chi connectivity index (χ2n) is 11.2. The van der Waals surface area contributed by atoms with Gasteiger partial charge in [0.15, 0.2) is 0 Å². The summed E-state index contributed by atoms with van der Waals surface area (Å²) in [4.78, 5) is 54.3. The fourth-order valence-electron chi connectivity index (χ4n) is 9.37. The summed E-state index contributed by atoms with van der Waals surface area (Å²) < 4.78 is 21.1. The third-order valence-corrected chi connectivity index (χ3v) is 10.3. The van der Waals surface area contributed by atoms with Crippen LogP contribution in [0.3, 0.4) is 0 Å². The first-order chi connectivity index (χ1) is 19.3. The van der Waals surface area contributed by atoms with E-state index >= 15 is 0 Å². The number of methoxy groups -OCH3 is 4. The molecule has 7 rings (SSSR count). The van der Waals surface area contributed by atoms with E-state index in [1.807, 2.05) is 42.5 Å². The quantitative estimate of drug-likeness (QED) is 0.304. The molecule has 0 radical (unpaired) electrons. The monoisotopic (exact) mass is 540 g/mol. The summed E-state index contributed by atoms with van der Waals surface area (Å²) in [6.45, 7) is 0. The number of allylic oxidation sites excluding steroid dienone is 12. The zero-order valence-electron chi connectivity index (χ0n) is 22.5. The Morgan fingerprint density at radius 2 is 1.10 bits per heavy atom. The average molecular weight is 541 g/mol. The van der Waals surface area contributed by atoms with Gasteiger partial charge in [0.1, 0.15) is 0 Å². The Bertz CT molecular complexity index is 1560. The molecule has 8 heteroatoms. The van der Waals surface area contributed by atoms with Gasteiger partial charge in [0, 0.05) is 40.4 Å². The van der Waals surface area contributed by atoms with Crippen LogP contribution in [0, 0.1) is 46.3 Å². The van der Waals surface area contributed by atoms with E-state index in [2.05, 4.69) is 18.2 Å². The highest BCUT2D eigenvalue weighted by Crippen LogP contribution is 2.81. The van der Waals surface area contributed by atoms with Gasteiger partial charge in [0.2, 0.25) is 0 Å². The molecule has 204 valence electrons. The van der Waals surface area contributed by atoms with Gasteiger partial charge in [-0.1, -0.05) is 60.8 Å². The summed E-state index contributed by atoms with van der Waals surface area (Å²) in [5.41, 5.74) is 1.10. The van der Waals surface area contributed by atoms with Gasteiger partial charge in [-0.15, -0.1) is 0 Å². The highest BCUT2D eigenvalue weighted by Gasteiger charge is 2.79. The van der Waals surface area contributed by atoms with Crippen molar-refractivity contribution in [2.45, 2.75) is 0 Å². The van der Waals surface area contributed by atoms with Crippen LogP contribution in [0.5, 0.6) is 0 Å². The largest absolute Gasteiger partial charge is 0.466 e. The lowest BCUT2D eigenvalue weighted by molar-refractivity contribution is -0.139. The Kier molecular flexibility index (Phi) is 5.06. The Morgan fingerprint density at radius 1 is 0.600 bits per heavy atom. The molecule has 0 aromatic heterocycles. The average Bonchev–Trinajstić information content (AvgIpc) is 3.58. The SMILES string of the molecule is COC(=O)C1=C(C(=O)OC)[C@@H]2[C@@H]3C=CC=C4C=C[C@H]1[C@@]42[C@]12C4=C[C@H]3C=C[C@H]1C(C(=O)OC)=C(C(=O)OC)[C@H]2C=C4. The van der Waals surface area contributed by atoms with Gasteiger partial charge in [-0.25, -0.2) is 19.2 Å². The summed E-state index contributed by atoms with van der Waals surface area (Å²) in [6, 6.07) is 0. The minimum atomic E-state index is -0.939. The fourth-order valence-corrected chi connectivity index (χ4v) is 9.37. The molecule has 40 heavy (non-hydrogen) atoms. The first-order valence-electron chi connectivity index (χ1n) is 13.3.